The van der Waals surface area contributed by atoms with Crippen molar-refractivity contribution >= 4 is 38.8 Å². The van der Waals surface area contributed by atoms with Gasteiger partial charge in [-0.05, 0) is 43.0 Å². The van der Waals surface area contributed by atoms with Crippen LogP contribution in [-0.2, 0) is 19.4 Å². The first-order valence-electron chi connectivity index (χ1n) is 9.24. The Hall–Kier alpha value is -1.76. The molecule has 1 amide bonds. The van der Waals surface area contributed by atoms with Crippen molar-refractivity contribution in [2.24, 2.45) is 0 Å². The van der Waals surface area contributed by atoms with Gasteiger partial charge in [-0.25, -0.2) is 4.98 Å². The average Bonchev–Trinajstić information content (AvgIpc) is 3.35. The molecule has 0 unspecified atom stereocenters. The summed E-state index contributed by atoms with van der Waals surface area (Å²) >= 11 is 3.49. The highest BCUT2D eigenvalue weighted by Gasteiger charge is 2.25. The number of aromatic nitrogens is 1. The SMILES string of the molecule is O=C(c1cc2c(s1)CCC2)N1CCN(Cc2nc3ccccc3s2)CC1. The van der Waals surface area contributed by atoms with Gasteiger partial charge in [0.2, 0.25) is 0 Å². The first-order chi connectivity index (χ1) is 12.8. The largest absolute Gasteiger partial charge is 0.335 e. The lowest BCUT2D eigenvalue weighted by Gasteiger charge is -2.34. The van der Waals surface area contributed by atoms with Gasteiger partial charge < -0.3 is 4.90 Å². The van der Waals surface area contributed by atoms with Crippen LogP contribution in [0.2, 0.25) is 0 Å². The molecule has 0 N–H and O–H groups in total. The fourth-order valence-corrected chi connectivity index (χ4v) is 6.11. The molecule has 1 fully saturated rings. The van der Waals surface area contributed by atoms with E-state index >= 15 is 0 Å². The molecule has 26 heavy (non-hydrogen) atoms. The van der Waals surface area contributed by atoms with E-state index in [-0.39, 0.29) is 5.91 Å². The van der Waals surface area contributed by atoms with E-state index in [9.17, 15) is 4.79 Å². The van der Waals surface area contributed by atoms with Crippen molar-refractivity contribution in [2.45, 2.75) is 25.8 Å². The molecule has 3 aromatic rings. The summed E-state index contributed by atoms with van der Waals surface area (Å²) in [5, 5.41) is 1.17. The molecule has 0 spiro atoms. The normalized spacial score (nSPS) is 17.8. The van der Waals surface area contributed by atoms with Gasteiger partial charge in [0.25, 0.3) is 5.91 Å². The third kappa shape index (κ3) is 3.06. The third-order valence-corrected chi connectivity index (χ3v) is 7.56. The number of hydrogen-bond donors (Lipinski definition) is 0. The van der Waals surface area contributed by atoms with E-state index in [1.807, 2.05) is 11.0 Å². The van der Waals surface area contributed by atoms with Crippen LogP contribution in [-0.4, -0.2) is 46.9 Å². The molecule has 6 heteroatoms. The third-order valence-electron chi connectivity index (χ3n) is 5.31. The molecule has 2 aliphatic rings. The summed E-state index contributed by atoms with van der Waals surface area (Å²) in [6.07, 6.45) is 3.55. The molecule has 3 heterocycles. The van der Waals surface area contributed by atoms with Crippen LogP contribution < -0.4 is 0 Å². The van der Waals surface area contributed by atoms with Gasteiger partial charge in [0.1, 0.15) is 5.01 Å². The Morgan fingerprint density at radius 1 is 1.08 bits per heavy atom. The van der Waals surface area contributed by atoms with Gasteiger partial charge in [-0.2, -0.15) is 0 Å². The average molecular weight is 384 g/mol. The number of piperazine rings is 1. The van der Waals surface area contributed by atoms with E-state index in [0.29, 0.717) is 0 Å². The minimum absolute atomic E-state index is 0.226. The number of carbonyl (C=O) groups is 1. The first kappa shape index (κ1) is 16.4. The van der Waals surface area contributed by atoms with E-state index in [1.165, 1.54) is 26.6 Å². The Morgan fingerprint density at radius 2 is 1.92 bits per heavy atom. The lowest BCUT2D eigenvalue weighted by molar-refractivity contribution is 0.0633. The first-order valence-corrected chi connectivity index (χ1v) is 10.9. The minimum atomic E-state index is 0.226. The Bertz CT molecular complexity index is 899. The molecule has 134 valence electrons. The van der Waals surface area contributed by atoms with E-state index in [0.717, 1.165) is 56.0 Å². The van der Waals surface area contributed by atoms with Crippen LogP contribution in [0.5, 0.6) is 0 Å². The van der Waals surface area contributed by atoms with Gasteiger partial charge in [0.05, 0.1) is 21.6 Å². The van der Waals surface area contributed by atoms with Crippen LogP contribution in [0.25, 0.3) is 10.2 Å². The number of benzene rings is 1. The number of thiophene rings is 1. The van der Waals surface area contributed by atoms with Crippen LogP contribution in [0, 0.1) is 0 Å². The van der Waals surface area contributed by atoms with Crippen LogP contribution in [0.4, 0.5) is 0 Å². The van der Waals surface area contributed by atoms with Gasteiger partial charge in [-0.1, -0.05) is 12.1 Å². The Kier molecular flexibility index (Phi) is 4.27. The number of fused-ring (bicyclic) bond motifs is 2. The molecule has 1 aliphatic heterocycles. The highest BCUT2D eigenvalue weighted by atomic mass is 32.1. The number of thiazole rings is 1. The summed E-state index contributed by atoms with van der Waals surface area (Å²) in [5.74, 6) is 0.226. The Morgan fingerprint density at radius 3 is 2.73 bits per heavy atom. The van der Waals surface area contributed by atoms with Gasteiger partial charge >= 0.3 is 0 Å². The molecule has 1 saturated heterocycles. The van der Waals surface area contributed by atoms with Crippen molar-refractivity contribution in [1.82, 2.24) is 14.8 Å². The molecular formula is C20H21N3OS2. The molecule has 0 atom stereocenters. The monoisotopic (exact) mass is 383 g/mol. The summed E-state index contributed by atoms with van der Waals surface area (Å²) in [4.78, 5) is 24.3. The molecule has 2 aromatic heterocycles. The van der Waals surface area contributed by atoms with Crippen molar-refractivity contribution in [3.8, 4) is 0 Å². The van der Waals surface area contributed by atoms with Gasteiger partial charge in [0, 0.05) is 31.1 Å². The summed E-state index contributed by atoms with van der Waals surface area (Å²) in [6, 6.07) is 10.4. The maximum atomic E-state index is 12.8. The standard InChI is InChI=1S/C20H21N3OS2/c24-20(18-12-14-4-3-7-16(14)25-18)23-10-8-22(9-11-23)13-19-21-15-5-1-2-6-17(15)26-19/h1-2,5-6,12H,3-4,7-11,13H2. The van der Waals surface area contributed by atoms with Crippen molar-refractivity contribution in [3.63, 3.8) is 0 Å². The predicted octanol–water partition coefficient (Wildman–Crippen LogP) is 3.80. The lowest BCUT2D eigenvalue weighted by atomic mass is 10.2. The number of amides is 1. The van der Waals surface area contributed by atoms with Crippen LogP contribution >= 0.6 is 22.7 Å². The second-order valence-corrected chi connectivity index (χ2v) is 9.31. The number of para-hydroxylation sites is 1. The molecule has 0 radical (unpaired) electrons. The number of rotatable bonds is 3. The maximum Gasteiger partial charge on any atom is 0.264 e. The number of nitrogens with zero attached hydrogens (tertiary/aromatic N) is 3. The molecule has 4 nitrogen and oxygen atoms in total. The molecule has 1 aliphatic carbocycles. The lowest BCUT2D eigenvalue weighted by Crippen LogP contribution is -2.48. The van der Waals surface area contributed by atoms with Crippen molar-refractivity contribution < 1.29 is 4.79 Å². The van der Waals surface area contributed by atoms with Crippen LogP contribution in [0.3, 0.4) is 0 Å². The highest BCUT2D eigenvalue weighted by Crippen LogP contribution is 2.31. The van der Waals surface area contributed by atoms with E-state index in [1.54, 1.807) is 22.7 Å². The number of aryl methyl sites for hydroxylation is 2. The van der Waals surface area contributed by atoms with Gasteiger partial charge in [-0.3, -0.25) is 9.69 Å². The fraction of sp³-hybridized carbons (Fsp3) is 0.400. The number of hydrogen-bond acceptors (Lipinski definition) is 5. The van der Waals surface area contributed by atoms with Crippen molar-refractivity contribution in [2.75, 3.05) is 26.2 Å². The molecule has 1 aromatic carbocycles. The van der Waals surface area contributed by atoms with Crippen molar-refractivity contribution in [3.05, 3.63) is 50.7 Å². The molecule has 0 bridgehead atoms. The smallest absolute Gasteiger partial charge is 0.264 e. The quantitative estimate of drug-likeness (QED) is 0.690. The molecule has 5 rings (SSSR count). The number of carbonyl (C=O) groups excluding carboxylic acids is 1. The summed E-state index contributed by atoms with van der Waals surface area (Å²) in [7, 11) is 0. The van der Waals surface area contributed by atoms with Crippen LogP contribution in [0.15, 0.2) is 30.3 Å². The summed E-state index contributed by atoms with van der Waals surface area (Å²) in [5.41, 5.74) is 2.50. The van der Waals surface area contributed by atoms with E-state index in [4.69, 9.17) is 4.98 Å². The van der Waals surface area contributed by atoms with Crippen LogP contribution in [0.1, 0.15) is 31.5 Å². The summed E-state index contributed by atoms with van der Waals surface area (Å²) < 4.78 is 1.25. The fourth-order valence-electron chi connectivity index (χ4n) is 3.88. The van der Waals surface area contributed by atoms with E-state index in [2.05, 4.69) is 29.2 Å². The van der Waals surface area contributed by atoms with Gasteiger partial charge in [-0.15, -0.1) is 22.7 Å². The zero-order valence-electron chi connectivity index (χ0n) is 14.6. The minimum Gasteiger partial charge on any atom is -0.335 e. The van der Waals surface area contributed by atoms with Gasteiger partial charge in [0.15, 0.2) is 0 Å². The maximum absolute atomic E-state index is 12.8. The zero-order valence-corrected chi connectivity index (χ0v) is 16.2. The second kappa shape index (κ2) is 6.76. The predicted molar refractivity (Wildman–Crippen MR) is 107 cm³/mol. The van der Waals surface area contributed by atoms with E-state index < -0.39 is 0 Å². The zero-order chi connectivity index (χ0) is 17.5. The molecular weight excluding hydrogens is 362 g/mol. The highest BCUT2D eigenvalue weighted by molar-refractivity contribution is 7.18. The Labute approximate surface area is 161 Å². The summed E-state index contributed by atoms with van der Waals surface area (Å²) in [6.45, 7) is 4.35. The Balaban J connectivity index is 1.21. The van der Waals surface area contributed by atoms with Crippen molar-refractivity contribution in [1.29, 1.82) is 0 Å². The second-order valence-electron chi connectivity index (χ2n) is 7.06. The molecule has 0 saturated carbocycles. The topological polar surface area (TPSA) is 36.4 Å².